The minimum Gasteiger partial charge on any atom is -0.351 e. The maximum Gasteiger partial charge on any atom is 0.314 e. The van der Waals surface area contributed by atoms with Crippen LogP contribution in [-0.4, -0.2) is 36.6 Å². The van der Waals surface area contributed by atoms with E-state index >= 15 is 0 Å². The van der Waals surface area contributed by atoms with Gasteiger partial charge in [0, 0.05) is 25.0 Å². The van der Waals surface area contributed by atoms with Crippen molar-refractivity contribution in [2.75, 3.05) is 19.6 Å². The average Bonchev–Trinajstić information content (AvgIpc) is 2.61. The molecule has 1 aliphatic heterocycles. The molecular formula is C19H29N3O. The number of nitrogens with two attached hydrogens (primary N) is 1. The summed E-state index contributed by atoms with van der Waals surface area (Å²) in [4.78, 5) is 13.5. The van der Waals surface area contributed by atoms with Crippen molar-refractivity contribution >= 4 is 6.03 Å². The van der Waals surface area contributed by atoms with Crippen LogP contribution in [0.4, 0.5) is 4.79 Å². The SMILES string of the molecule is NC(=O)N1CC(NCC2CCCCC2)CC(c2ccccc2)C1. The Hall–Kier alpha value is -1.55. The van der Waals surface area contributed by atoms with E-state index in [-0.39, 0.29) is 6.03 Å². The maximum atomic E-state index is 11.7. The molecule has 4 nitrogen and oxygen atoms in total. The zero-order valence-corrected chi connectivity index (χ0v) is 13.9. The Balaban J connectivity index is 1.61. The Morgan fingerprint density at radius 1 is 1.13 bits per heavy atom. The number of nitrogens with one attached hydrogen (secondary N) is 1. The molecule has 1 saturated carbocycles. The van der Waals surface area contributed by atoms with E-state index in [9.17, 15) is 4.79 Å². The lowest BCUT2D eigenvalue weighted by Crippen LogP contribution is -2.52. The molecule has 2 aliphatic rings. The summed E-state index contributed by atoms with van der Waals surface area (Å²) >= 11 is 0. The fourth-order valence-electron chi connectivity index (χ4n) is 4.12. The van der Waals surface area contributed by atoms with Gasteiger partial charge in [-0.1, -0.05) is 49.6 Å². The lowest BCUT2D eigenvalue weighted by molar-refractivity contribution is 0.168. The first-order valence-electron chi connectivity index (χ1n) is 9.05. The average molecular weight is 315 g/mol. The second-order valence-electron chi connectivity index (χ2n) is 7.20. The summed E-state index contributed by atoms with van der Waals surface area (Å²) in [6, 6.07) is 10.6. The number of amides is 2. The summed E-state index contributed by atoms with van der Waals surface area (Å²) in [5.41, 5.74) is 6.88. The van der Waals surface area contributed by atoms with E-state index < -0.39 is 0 Å². The van der Waals surface area contributed by atoms with E-state index in [0.29, 0.717) is 12.0 Å². The van der Waals surface area contributed by atoms with Gasteiger partial charge in [0.25, 0.3) is 0 Å². The van der Waals surface area contributed by atoms with Crippen LogP contribution in [0.25, 0.3) is 0 Å². The summed E-state index contributed by atoms with van der Waals surface area (Å²) in [5.74, 6) is 1.18. The third-order valence-corrected chi connectivity index (χ3v) is 5.45. The number of nitrogens with zero attached hydrogens (tertiary/aromatic N) is 1. The second kappa shape index (κ2) is 7.82. The Bertz CT molecular complexity index is 499. The molecule has 4 heteroatoms. The number of benzene rings is 1. The topological polar surface area (TPSA) is 58.4 Å². The molecule has 2 unspecified atom stereocenters. The molecule has 3 rings (SSSR count). The van der Waals surface area contributed by atoms with Crippen LogP contribution >= 0.6 is 0 Å². The van der Waals surface area contributed by atoms with Gasteiger partial charge in [-0.3, -0.25) is 0 Å². The predicted octanol–water partition coefficient (Wildman–Crippen LogP) is 3.09. The van der Waals surface area contributed by atoms with Gasteiger partial charge in [-0.2, -0.15) is 0 Å². The molecule has 1 aromatic carbocycles. The number of piperidine rings is 1. The number of carbonyl (C=O) groups excluding carboxylic acids is 1. The van der Waals surface area contributed by atoms with Crippen molar-refractivity contribution in [2.24, 2.45) is 11.7 Å². The van der Waals surface area contributed by atoms with Crippen LogP contribution in [-0.2, 0) is 0 Å². The number of likely N-dealkylation sites (tertiary alicyclic amines) is 1. The first kappa shape index (κ1) is 16.3. The number of primary amides is 1. The van der Waals surface area contributed by atoms with Gasteiger partial charge in [-0.05, 0) is 37.3 Å². The van der Waals surface area contributed by atoms with Gasteiger partial charge in [-0.15, -0.1) is 0 Å². The van der Waals surface area contributed by atoms with Crippen molar-refractivity contribution in [3.63, 3.8) is 0 Å². The van der Waals surface area contributed by atoms with Gasteiger partial charge in [0.05, 0.1) is 0 Å². The van der Waals surface area contributed by atoms with Crippen molar-refractivity contribution < 1.29 is 4.79 Å². The summed E-state index contributed by atoms with van der Waals surface area (Å²) < 4.78 is 0. The number of hydrogen-bond acceptors (Lipinski definition) is 2. The van der Waals surface area contributed by atoms with Crippen molar-refractivity contribution in [3.05, 3.63) is 35.9 Å². The van der Waals surface area contributed by atoms with Gasteiger partial charge >= 0.3 is 6.03 Å². The molecule has 1 aliphatic carbocycles. The van der Waals surface area contributed by atoms with E-state index in [1.54, 1.807) is 4.90 Å². The van der Waals surface area contributed by atoms with E-state index in [0.717, 1.165) is 32.0 Å². The van der Waals surface area contributed by atoms with E-state index in [2.05, 4.69) is 29.6 Å². The molecule has 0 aromatic heterocycles. The molecule has 1 aromatic rings. The van der Waals surface area contributed by atoms with Crippen LogP contribution in [0.15, 0.2) is 30.3 Å². The zero-order chi connectivity index (χ0) is 16.1. The highest BCUT2D eigenvalue weighted by Crippen LogP contribution is 2.28. The summed E-state index contributed by atoms with van der Waals surface area (Å²) in [7, 11) is 0. The Labute approximate surface area is 139 Å². The molecular weight excluding hydrogens is 286 g/mol. The molecule has 0 radical (unpaired) electrons. The van der Waals surface area contributed by atoms with Crippen LogP contribution in [0.3, 0.4) is 0 Å². The lowest BCUT2D eigenvalue weighted by Gasteiger charge is -2.38. The number of urea groups is 1. The normalized spacial score (nSPS) is 26.2. The van der Waals surface area contributed by atoms with Gasteiger partial charge in [0.15, 0.2) is 0 Å². The fraction of sp³-hybridized carbons (Fsp3) is 0.632. The number of hydrogen-bond donors (Lipinski definition) is 2. The van der Waals surface area contributed by atoms with Crippen molar-refractivity contribution in [1.29, 1.82) is 0 Å². The molecule has 1 saturated heterocycles. The minimum atomic E-state index is -0.296. The number of rotatable bonds is 4. The zero-order valence-electron chi connectivity index (χ0n) is 13.9. The highest BCUT2D eigenvalue weighted by Gasteiger charge is 2.30. The van der Waals surface area contributed by atoms with Crippen molar-refractivity contribution in [3.8, 4) is 0 Å². The Kier molecular flexibility index (Phi) is 5.55. The molecule has 3 N–H and O–H groups in total. The molecule has 2 fully saturated rings. The fourth-order valence-corrected chi connectivity index (χ4v) is 4.12. The second-order valence-corrected chi connectivity index (χ2v) is 7.20. The van der Waals surface area contributed by atoms with Gasteiger partial charge in [0.2, 0.25) is 0 Å². The Morgan fingerprint density at radius 3 is 2.57 bits per heavy atom. The highest BCUT2D eigenvalue weighted by atomic mass is 16.2. The molecule has 0 spiro atoms. The smallest absolute Gasteiger partial charge is 0.314 e. The monoisotopic (exact) mass is 315 g/mol. The molecule has 2 amide bonds. The van der Waals surface area contributed by atoms with Crippen LogP contribution in [0.5, 0.6) is 0 Å². The van der Waals surface area contributed by atoms with Gasteiger partial charge < -0.3 is 16.0 Å². The third-order valence-electron chi connectivity index (χ3n) is 5.45. The van der Waals surface area contributed by atoms with Crippen molar-refractivity contribution in [1.82, 2.24) is 10.2 Å². The van der Waals surface area contributed by atoms with Gasteiger partial charge in [-0.25, -0.2) is 4.79 Å². The Morgan fingerprint density at radius 2 is 1.87 bits per heavy atom. The third kappa shape index (κ3) is 4.47. The maximum absolute atomic E-state index is 11.7. The van der Waals surface area contributed by atoms with E-state index in [1.807, 2.05) is 6.07 Å². The molecule has 23 heavy (non-hydrogen) atoms. The lowest BCUT2D eigenvalue weighted by atomic mass is 9.86. The predicted molar refractivity (Wildman–Crippen MR) is 93.3 cm³/mol. The molecule has 0 bridgehead atoms. The summed E-state index contributed by atoms with van der Waals surface area (Å²) in [6.07, 6.45) is 7.92. The minimum absolute atomic E-state index is 0.296. The quantitative estimate of drug-likeness (QED) is 0.897. The van der Waals surface area contributed by atoms with Gasteiger partial charge in [0.1, 0.15) is 0 Å². The standard InChI is InChI=1S/C19H29N3O/c20-19(23)22-13-17(16-9-5-2-6-10-16)11-18(14-22)21-12-15-7-3-1-4-8-15/h2,5-6,9-10,15,17-18,21H,1,3-4,7-8,11-14H2,(H2,20,23). The summed E-state index contributed by atoms with van der Waals surface area (Å²) in [5, 5.41) is 3.73. The number of carbonyl (C=O) groups is 1. The summed E-state index contributed by atoms with van der Waals surface area (Å²) in [6.45, 7) is 2.56. The van der Waals surface area contributed by atoms with Crippen LogP contribution in [0.1, 0.15) is 50.0 Å². The van der Waals surface area contributed by atoms with Crippen LogP contribution in [0.2, 0.25) is 0 Å². The largest absolute Gasteiger partial charge is 0.351 e. The van der Waals surface area contributed by atoms with Crippen molar-refractivity contribution in [2.45, 2.75) is 50.5 Å². The van der Waals surface area contributed by atoms with Crippen LogP contribution in [0, 0.1) is 5.92 Å². The molecule has 126 valence electrons. The first-order chi connectivity index (χ1) is 11.2. The molecule has 1 heterocycles. The molecule has 2 atom stereocenters. The first-order valence-corrected chi connectivity index (χ1v) is 9.05. The van der Waals surface area contributed by atoms with E-state index in [1.165, 1.54) is 37.7 Å². The van der Waals surface area contributed by atoms with Crippen LogP contribution < -0.4 is 11.1 Å². The highest BCUT2D eigenvalue weighted by molar-refractivity contribution is 5.72. The van der Waals surface area contributed by atoms with E-state index in [4.69, 9.17) is 5.73 Å².